The van der Waals surface area contributed by atoms with Crippen molar-refractivity contribution in [2.75, 3.05) is 0 Å². The maximum Gasteiger partial charge on any atom is 0.254 e. The van der Waals surface area contributed by atoms with E-state index in [9.17, 15) is 13.6 Å². The average Bonchev–Trinajstić information content (AvgIpc) is 2.35. The van der Waals surface area contributed by atoms with E-state index < -0.39 is 17.5 Å². The molecule has 98 valence electrons. The largest absolute Gasteiger partial charge is 0.349 e. The van der Waals surface area contributed by atoms with Gasteiger partial charge in [-0.05, 0) is 30.9 Å². The molecule has 2 unspecified atom stereocenters. The van der Waals surface area contributed by atoms with Crippen molar-refractivity contribution in [2.24, 2.45) is 5.92 Å². The van der Waals surface area contributed by atoms with Crippen LogP contribution in [0.2, 0.25) is 0 Å². The summed E-state index contributed by atoms with van der Waals surface area (Å²) >= 11 is 0. The van der Waals surface area contributed by atoms with Crippen LogP contribution in [0.4, 0.5) is 8.78 Å². The highest BCUT2D eigenvalue weighted by molar-refractivity contribution is 5.94. The molecule has 0 aromatic heterocycles. The predicted molar refractivity (Wildman–Crippen MR) is 65.2 cm³/mol. The first-order valence-corrected chi connectivity index (χ1v) is 6.34. The van der Waals surface area contributed by atoms with Crippen molar-refractivity contribution in [2.45, 2.75) is 38.6 Å². The number of nitrogens with one attached hydrogen (secondary N) is 1. The summed E-state index contributed by atoms with van der Waals surface area (Å²) in [4.78, 5) is 11.9. The van der Waals surface area contributed by atoms with Gasteiger partial charge in [-0.25, -0.2) is 8.78 Å². The molecular formula is C14H17F2NO. The summed E-state index contributed by atoms with van der Waals surface area (Å²) in [5.74, 6) is -2.19. The van der Waals surface area contributed by atoms with Crippen molar-refractivity contribution in [1.29, 1.82) is 0 Å². The fourth-order valence-electron chi connectivity index (χ4n) is 2.46. The minimum atomic E-state index is -1.07. The molecule has 4 heteroatoms. The second kappa shape index (κ2) is 5.46. The van der Waals surface area contributed by atoms with E-state index in [1.54, 1.807) is 0 Å². The molecule has 0 heterocycles. The standard InChI is InChI=1S/C14H17F2NO/c1-9-5-2-3-8-12(9)17-14(18)10-6-4-7-11(15)13(10)16/h4,6-7,9,12H,2-3,5,8H2,1H3,(H,17,18). The van der Waals surface area contributed by atoms with E-state index in [1.165, 1.54) is 18.6 Å². The quantitative estimate of drug-likeness (QED) is 0.861. The Morgan fingerprint density at radius 2 is 2.00 bits per heavy atom. The molecule has 0 aliphatic heterocycles. The molecule has 1 aliphatic carbocycles. The first-order valence-electron chi connectivity index (χ1n) is 6.34. The van der Waals surface area contributed by atoms with E-state index in [0.717, 1.165) is 25.3 Å². The molecule has 1 aromatic rings. The molecule has 0 saturated heterocycles. The minimum Gasteiger partial charge on any atom is -0.349 e. The number of benzene rings is 1. The van der Waals surface area contributed by atoms with Crippen LogP contribution < -0.4 is 5.32 Å². The molecule has 0 radical (unpaired) electrons. The van der Waals surface area contributed by atoms with Gasteiger partial charge in [-0.3, -0.25) is 4.79 Å². The van der Waals surface area contributed by atoms with E-state index in [1.807, 2.05) is 0 Å². The number of rotatable bonds is 2. The number of carbonyl (C=O) groups is 1. The van der Waals surface area contributed by atoms with Crippen LogP contribution in [-0.4, -0.2) is 11.9 Å². The molecular weight excluding hydrogens is 236 g/mol. The van der Waals surface area contributed by atoms with E-state index in [2.05, 4.69) is 12.2 Å². The molecule has 18 heavy (non-hydrogen) atoms. The highest BCUT2D eigenvalue weighted by atomic mass is 19.2. The topological polar surface area (TPSA) is 29.1 Å². The lowest BCUT2D eigenvalue weighted by atomic mass is 9.86. The Morgan fingerprint density at radius 3 is 2.72 bits per heavy atom. The van der Waals surface area contributed by atoms with Gasteiger partial charge < -0.3 is 5.32 Å². The van der Waals surface area contributed by atoms with Crippen LogP contribution in [0.3, 0.4) is 0 Å². The second-order valence-electron chi connectivity index (χ2n) is 4.94. The third-order valence-corrected chi connectivity index (χ3v) is 3.62. The van der Waals surface area contributed by atoms with Crippen LogP contribution in [0.25, 0.3) is 0 Å². The fraction of sp³-hybridized carbons (Fsp3) is 0.500. The molecule has 2 rings (SSSR count). The van der Waals surface area contributed by atoms with Gasteiger partial charge in [0, 0.05) is 6.04 Å². The zero-order valence-corrected chi connectivity index (χ0v) is 10.4. The number of carbonyl (C=O) groups excluding carboxylic acids is 1. The van der Waals surface area contributed by atoms with E-state index in [0.29, 0.717) is 5.92 Å². The van der Waals surface area contributed by atoms with Crippen molar-refractivity contribution < 1.29 is 13.6 Å². The van der Waals surface area contributed by atoms with Crippen molar-refractivity contribution in [1.82, 2.24) is 5.32 Å². The smallest absolute Gasteiger partial charge is 0.254 e. The van der Waals surface area contributed by atoms with Crippen molar-refractivity contribution >= 4 is 5.91 Å². The number of hydrogen-bond acceptors (Lipinski definition) is 1. The molecule has 1 fully saturated rings. The Bertz CT molecular complexity index is 447. The first-order chi connectivity index (χ1) is 8.59. The van der Waals surface area contributed by atoms with Crippen LogP contribution in [0.1, 0.15) is 43.0 Å². The van der Waals surface area contributed by atoms with Gasteiger partial charge in [0.1, 0.15) is 0 Å². The molecule has 1 aliphatic rings. The van der Waals surface area contributed by atoms with Gasteiger partial charge in [0.25, 0.3) is 5.91 Å². The summed E-state index contributed by atoms with van der Waals surface area (Å²) in [7, 11) is 0. The van der Waals surface area contributed by atoms with Gasteiger partial charge in [-0.2, -0.15) is 0 Å². The first kappa shape index (κ1) is 13.0. The lowest BCUT2D eigenvalue weighted by Crippen LogP contribution is -2.41. The van der Waals surface area contributed by atoms with Gasteiger partial charge >= 0.3 is 0 Å². The van der Waals surface area contributed by atoms with Gasteiger partial charge in [-0.1, -0.05) is 25.8 Å². The number of amides is 1. The normalized spacial score (nSPS) is 23.7. The number of hydrogen-bond donors (Lipinski definition) is 1. The van der Waals surface area contributed by atoms with E-state index in [-0.39, 0.29) is 11.6 Å². The summed E-state index contributed by atoms with van der Waals surface area (Å²) in [5.41, 5.74) is -0.215. The molecule has 0 spiro atoms. The zero-order chi connectivity index (χ0) is 13.1. The third kappa shape index (κ3) is 2.68. The maximum atomic E-state index is 13.5. The highest BCUT2D eigenvalue weighted by Crippen LogP contribution is 2.24. The van der Waals surface area contributed by atoms with Gasteiger partial charge in [0.05, 0.1) is 5.56 Å². The maximum absolute atomic E-state index is 13.5. The molecule has 1 amide bonds. The summed E-state index contributed by atoms with van der Waals surface area (Å²) in [5, 5.41) is 2.81. The molecule has 2 nitrogen and oxygen atoms in total. The van der Waals surface area contributed by atoms with Crippen LogP contribution in [0, 0.1) is 17.6 Å². The Morgan fingerprint density at radius 1 is 1.28 bits per heavy atom. The van der Waals surface area contributed by atoms with Crippen molar-refractivity contribution in [3.05, 3.63) is 35.4 Å². The van der Waals surface area contributed by atoms with E-state index >= 15 is 0 Å². The van der Waals surface area contributed by atoms with Crippen LogP contribution >= 0.6 is 0 Å². The predicted octanol–water partition coefficient (Wildman–Crippen LogP) is 3.27. The lowest BCUT2D eigenvalue weighted by Gasteiger charge is -2.29. The fourth-order valence-corrected chi connectivity index (χ4v) is 2.46. The van der Waals surface area contributed by atoms with Crippen LogP contribution in [0.15, 0.2) is 18.2 Å². The molecule has 2 atom stereocenters. The van der Waals surface area contributed by atoms with Crippen molar-refractivity contribution in [3.8, 4) is 0 Å². The second-order valence-corrected chi connectivity index (χ2v) is 4.94. The molecule has 1 N–H and O–H groups in total. The van der Waals surface area contributed by atoms with Crippen molar-refractivity contribution in [3.63, 3.8) is 0 Å². The monoisotopic (exact) mass is 253 g/mol. The SMILES string of the molecule is CC1CCCCC1NC(=O)c1cccc(F)c1F. The lowest BCUT2D eigenvalue weighted by molar-refractivity contribution is 0.0905. The number of halogens is 2. The van der Waals surface area contributed by atoms with Gasteiger partial charge in [0.2, 0.25) is 0 Å². The zero-order valence-electron chi connectivity index (χ0n) is 10.4. The van der Waals surface area contributed by atoms with E-state index in [4.69, 9.17) is 0 Å². The van der Waals surface area contributed by atoms with Crippen LogP contribution in [0.5, 0.6) is 0 Å². The summed E-state index contributed by atoms with van der Waals surface area (Å²) in [6.07, 6.45) is 4.21. The Labute approximate surface area is 105 Å². The average molecular weight is 253 g/mol. The summed E-state index contributed by atoms with van der Waals surface area (Å²) in [6.45, 7) is 2.08. The van der Waals surface area contributed by atoms with Gasteiger partial charge in [-0.15, -0.1) is 0 Å². The Balaban J connectivity index is 2.09. The summed E-state index contributed by atoms with van der Waals surface area (Å²) in [6, 6.07) is 3.72. The minimum absolute atomic E-state index is 0.0638. The summed E-state index contributed by atoms with van der Waals surface area (Å²) < 4.78 is 26.5. The molecule has 1 saturated carbocycles. The van der Waals surface area contributed by atoms with Crippen LogP contribution in [-0.2, 0) is 0 Å². The highest BCUT2D eigenvalue weighted by Gasteiger charge is 2.24. The molecule has 1 aromatic carbocycles. The Kier molecular flexibility index (Phi) is 3.94. The van der Waals surface area contributed by atoms with Gasteiger partial charge in [0.15, 0.2) is 11.6 Å². The third-order valence-electron chi connectivity index (χ3n) is 3.62. The Hall–Kier alpha value is -1.45. The molecule has 0 bridgehead atoms.